The minimum absolute atomic E-state index is 0.0498. The van der Waals surface area contributed by atoms with Crippen LogP contribution in [0, 0.1) is 5.82 Å². The Morgan fingerprint density at radius 3 is 2.76 bits per heavy atom. The standard InChI is InChI=1S/C17H21FN4O2S/c1-4-14-16(25-21-20-14)17(23)19-12-5-6-15(13(18)7-12)22-8-10(2)24-11(3)9-22/h5-7,10-11H,4,8-9H2,1-3H3,(H,19,23)/t10-,11-/m1/s1. The van der Waals surface area contributed by atoms with Crippen molar-refractivity contribution in [3.63, 3.8) is 0 Å². The Hall–Kier alpha value is -2.06. The molecule has 1 aromatic heterocycles. The molecule has 1 amide bonds. The molecule has 1 fully saturated rings. The number of morpholine rings is 1. The molecule has 6 nitrogen and oxygen atoms in total. The van der Waals surface area contributed by atoms with Crippen LogP contribution in [0.1, 0.15) is 36.1 Å². The first-order valence-corrected chi connectivity index (χ1v) is 9.07. The van der Waals surface area contributed by atoms with Crippen LogP contribution in [0.15, 0.2) is 18.2 Å². The number of carbonyl (C=O) groups excluding carboxylic acids is 1. The molecule has 1 aromatic carbocycles. The van der Waals surface area contributed by atoms with E-state index in [1.54, 1.807) is 12.1 Å². The van der Waals surface area contributed by atoms with Gasteiger partial charge >= 0.3 is 0 Å². The summed E-state index contributed by atoms with van der Waals surface area (Å²) in [5.74, 6) is -0.676. The van der Waals surface area contributed by atoms with E-state index in [2.05, 4.69) is 14.9 Å². The number of aryl methyl sites for hydroxylation is 1. The van der Waals surface area contributed by atoms with Gasteiger partial charge in [0.2, 0.25) is 0 Å². The number of amides is 1. The minimum Gasteiger partial charge on any atom is -0.372 e. The van der Waals surface area contributed by atoms with Crippen molar-refractivity contribution in [2.24, 2.45) is 0 Å². The van der Waals surface area contributed by atoms with Crippen molar-refractivity contribution in [3.8, 4) is 0 Å². The second-order valence-electron chi connectivity index (χ2n) is 6.18. The number of nitrogens with one attached hydrogen (secondary N) is 1. The van der Waals surface area contributed by atoms with Gasteiger partial charge in [0.05, 0.1) is 23.6 Å². The van der Waals surface area contributed by atoms with Crippen molar-refractivity contribution in [1.29, 1.82) is 0 Å². The molecule has 0 saturated carbocycles. The number of anilines is 2. The fourth-order valence-electron chi connectivity index (χ4n) is 3.02. The lowest BCUT2D eigenvalue weighted by atomic mass is 10.1. The van der Waals surface area contributed by atoms with Crippen LogP contribution in [0.3, 0.4) is 0 Å². The molecule has 1 saturated heterocycles. The molecule has 0 aliphatic carbocycles. The van der Waals surface area contributed by atoms with Gasteiger partial charge in [0.15, 0.2) is 0 Å². The fourth-order valence-corrected chi connectivity index (χ4v) is 3.66. The lowest BCUT2D eigenvalue weighted by Gasteiger charge is -2.37. The second-order valence-corrected chi connectivity index (χ2v) is 6.94. The molecule has 25 heavy (non-hydrogen) atoms. The van der Waals surface area contributed by atoms with Crippen LogP contribution < -0.4 is 10.2 Å². The molecule has 0 bridgehead atoms. The van der Waals surface area contributed by atoms with E-state index in [1.165, 1.54) is 6.07 Å². The van der Waals surface area contributed by atoms with Crippen molar-refractivity contribution >= 4 is 28.8 Å². The van der Waals surface area contributed by atoms with E-state index in [4.69, 9.17) is 4.74 Å². The van der Waals surface area contributed by atoms with Crippen LogP contribution >= 0.6 is 11.5 Å². The Balaban J connectivity index is 1.75. The average Bonchev–Trinajstić information content (AvgIpc) is 3.02. The summed E-state index contributed by atoms with van der Waals surface area (Å²) in [6.45, 7) is 7.14. The smallest absolute Gasteiger partial charge is 0.269 e. The van der Waals surface area contributed by atoms with E-state index in [0.29, 0.717) is 41.5 Å². The summed E-state index contributed by atoms with van der Waals surface area (Å²) in [5.41, 5.74) is 1.58. The Labute approximate surface area is 150 Å². The predicted molar refractivity (Wildman–Crippen MR) is 95.9 cm³/mol. The first-order valence-electron chi connectivity index (χ1n) is 8.30. The Kier molecular flexibility index (Phi) is 5.29. The molecule has 2 aromatic rings. The average molecular weight is 364 g/mol. The first kappa shape index (κ1) is 17.8. The van der Waals surface area contributed by atoms with Gasteiger partial charge in [-0.3, -0.25) is 4.79 Å². The summed E-state index contributed by atoms with van der Waals surface area (Å²) < 4.78 is 24.1. The van der Waals surface area contributed by atoms with Crippen LogP contribution in [0.2, 0.25) is 0 Å². The van der Waals surface area contributed by atoms with Crippen molar-refractivity contribution in [3.05, 3.63) is 34.6 Å². The van der Waals surface area contributed by atoms with Crippen LogP contribution in [0.25, 0.3) is 0 Å². The van der Waals surface area contributed by atoms with Crippen molar-refractivity contribution in [2.45, 2.75) is 39.4 Å². The van der Waals surface area contributed by atoms with Gasteiger partial charge in [0.1, 0.15) is 10.7 Å². The largest absolute Gasteiger partial charge is 0.372 e. The normalized spacial score (nSPS) is 20.6. The first-order chi connectivity index (χ1) is 12.0. The highest BCUT2D eigenvalue weighted by Gasteiger charge is 2.24. The maximum Gasteiger partial charge on any atom is 0.269 e. The maximum atomic E-state index is 14.6. The summed E-state index contributed by atoms with van der Waals surface area (Å²) in [7, 11) is 0. The van der Waals surface area contributed by atoms with Crippen LogP contribution in [-0.4, -0.2) is 40.8 Å². The zero-order valence-electron chi connectivity index (χ0n) is 14.5. The van der Waals surface area contributed by atoms with Gasteiger partial charge in [-0.2, -0.15) is 0 Å². The second kappa shape index (κ2) is 7.45. The number of aromatic nitrogens is 2. The monoisotopic (exact) mass is 364 g/mol. The van der Waals surface area contributed by atoms with Crippen LogP contribution in [-0.2, 0) is 11.2 Å². The number of nitrogens with zero attached hydrogens (tertiary/aromatic N) is 3. The molecule has 3 rings (SSSR count). The Morgan fingerprint density at radius 1 is 1.40 bits per heavy atom. The van der Waals surface area contributed by atoms with E-state index < -0.39 is 0 Å². The number of rotatable bonds is 4. The molecule has 2 atom stereocenters. The highest BCUT2D eigenvalue weighted by molar-refractivity contribution is 7.08. The molecule has 1 aliphatic rings. The summed E-state index contributed by atoms with van der Waals surface area (Å²) in [6.07, 6.45) is 0.725. The summed E-state index contributed by atoms with van der Waals surface area (Å²) in [5, 5.41) is 6.64. The van der Waals surface area contributed by atoms with Crippen molar-refractivity contribution in [1.82, 2.24) is 9.59 Å². The van der Waals surface area contributed by atoms with Crippen molar-refractivity contribution < 1.29 is 13.9 Å². The van der Waals surface area contributed by atoms with Crippen molar-refractivity contribution in [2.75, 3.05) is 23.3 Å². The Morgan fingerprint density at radius 2 is 2.12 bits per heavy atom. The third-order valence-corrected chi connectivity index (χ3v) is 4.83. The number of hydrogen-bond acceptors (Lipinski definition) is 6. The van der Waals surface area contributed by atoms with Crippen LogP contribution in [0.4, 0.5) is 15.8 Å². The van der Waals surface area contributed by atoms with Gasteiger partial charge in [-0.25, -0.2) is 4.39 Å². The molecule has 0 unspecified atom stereocenters. The summed E-state index contributed by atoms with van der Waals surface area (Å²) >= 11 is 1.04. The van der Waals surface area contributed by atoms with Gasteiger partial charge in [-0.05, 0) is 50.0 Å². The zero-order valence-corrected chi connectivity index (χ0v) is 15.3. The lowest BCUT2D eigenvalue weighted by molar-refractivity contribution is -0.00539. The number of hydrogen-bond donors (Lipinski definition) is 1. The number of halogens is 1. The van der Waals surface area contributed by atoms with Gasteiger partial charge in [-0.1, -0.05) is 11.4 Å². The SMILES string of the molecule is CCc1nnsc1C(=O)Nc1ccc(N2C[C@@H](C)O[C@H](C)C2)c(F)c1. The highest BCUT2D eigenvalue weighted by Crippen LogP contribution is 2.26. The highest BCUT2D eigenvalue weighted by atomic mass is 32.1. The van der Waals surface area contributed by atoms with E-state index in [1.807, 2.05) is 25.7 Å². The third kappa shape index (κ3) is 3.96. The van der Waals surface area contributed by atoms with Crippen LogP contribution in [0.5, 0.6) is 0 Å². The molecule has 134 valence electrons. The van der Waals surface area contributed by atoms with E-state index in [-0.39, 0.29) is 23.9 Å². The van der Waals surface area contributed by atoms with Gasteiger partial charge in [0, 0.05) is 18.8 Å². The molecular weight excluding hydrogens is 343 g/mol. The van der Waals surface area contributed by atoms with E-state index in [9.17, 15) is 9.18 Å². The molecule has 0 spiro atoms. The number of carbonyl (C=O) groups is 1. The summed E-state index contributed by atoms with van der Waals surface area (Å²) in [4.78, 5) is 14.7. The van der Waals surface area contributed by atoms with E-state index in [0.717, 1.165) is 11.5 Å². The minimum atomic E-state index is -0.364. The van der Waals surface area contributed by atoms with Gasteiger partial charge < -0.3 is 15.0 Å². The predicted octanol–water partition coefficient (Wildman–Crippen LogP) is 3.11. The molecule has 1 N–H and O–H groups in total. The Bertz CT molecular complexity index is 757. The quantitative estimate of drug-likeness (QED) is 0.903. The molecule has 0 radical (unpaired) electrons. The van der Waals surface area contributed by atoms with Gasteiger partial charge in [0.25, 0.3) is 5.91 Å². The maximum absolute atomic E-state index is 14.6. The molecule has 1 aliphatic heterocycles. The number of ether oxygens (including phenoxy) is 1. The van der Waals surface area contributed by atoms with E-state index >= 15 is 0 Å². The molecule has 2 heterocycles. The topological polar surface area (TPSA) is 67.4 Å². The fraction of sp³-hybridized carbons (Fsp3) is 0.471. The zero-order chi connectivity index (χ0) is 18.0. The number of benzene rings is 1. The lowest BCUT2D eigenvalue weighted by Crippen LogP contribution is -2.45. The van der Waals surface area contributed by atoms with Gasteiger partial charge in [-0.15, -0.1) is 5.10 Å². The molecular formula is C17H21FN4O2S. The summed E-state index contributed by atoms with van der Waals surface area (Å²) in [6, 6.07) is 4.75. The third-order valence-electron chi connectivity index (χ3n) is 4.06. The molecule has 8 heteroatoms.